The molecule has 0 atom stereocenters. The first-order valence-electron chi connectivity index (χ1n) is 5.40. The van der Waals surface area contributed by atoms with Gasteiger partial charge in [-0.2, -0.15) is 0 Å². The summed E-state index contributed by atoms with van der Waals surface area (Å²) in [7, 11) is 0. The van der Waals surface area contributed by atoms with Crippen LogP contribution < -0.4 is 0 Å². The van der Waals surface area contributed by atoms with Gasteiger partial charge < -0.3 is 0 Å². The molecular weight excluding hydrogens is 335 g/mol. The van der Waals surface area contributed by atoms with E-state index >= 15 is 0 Å². The summed E-state index contributed by atoms with van der Waals surface area (Å²) in [6, 6.07) is 6.36. The maximum atomic E-state index is 14.0. The van der Waals surface area contributed by atoms with Crippen molar-refractivity contribution in [3.8, 4) is 11.4 Å². The van der Waals surface area contributed by atoms with Gasteiger partial charge in [-0.3, -0.25) is 4.40 Å². The SMILES string of the molecule is Cc1nc(Cl)cc2nnc(-c3ccc(Br)cc3F)n12. The molecule has 0 spiro atoms. The van der Waals surface area contributed by atoms with Gasteiger partial charge in [0, 0.05) is 10.5 Å². The Labute approximate surface area is 121 Å². The molecule has 0 aliphatic carbocycles. The minimum atomic E-state index is -0.377. The van der Waals surface area contributed by atoms with Crippen LogP contribution in [0.1, 0.15) is 5.82 Å². The quantitative estimate of drug-likeness (QED) is 0.635. The zero-order chi connectivity index (χ0) is 13.6. The van der Waals surface area contributed by atoms with Crippen LogP contribution in [-0.2, 0) is 0 Å². The van der Waals surface area contributed by atoms with Gasteiger partial charge in [-0.15, -0.1) is 10.2 Å². The number of halogens is 3. The lowest BCUT2D eigenvalue weighted by Crippen LogP contribution is -1.99. The van der Waals surface area contributed by atoms with Gasteiger partial charge >= 0.3 is 0 Å². The molecule has 19 heavy (non-hydrogen) atoms. The fourth-order valence-electron chi connectivity index (χ4n) is 1.90. The summed E-state index contributed by atoms with van der Waals surface area (Å²) in [5.74, 6) is 0.629. The molecule has 0 saturated carbocycles. The molecule has 0 amide bonds. The lowest BCUT2D eigenvalue weighted by atomic mass is 10.2. The second kappa shape index (κ2) is 4.54. The molecule has 0 bridgehead atoms. The summed E-state index contributed by atoms with van der Waals surface area (Å²) >= 11 is 9.08. The molecule has 0 radical (unpaired) electrons. The molecule has 96 valence electrons. The number of fused-ring (bicyclic) bond motifs is 1. The monoisotopic (exact) mass is 340 g/mol. The molecule has 0 aliphatic heterocycles. The van der Waals surface area contributed by atoms with E-state index in [-0.39, 0.29) is 5.82 Å². The highest BCUT2D eigenvalue weighted by Crippen LogP contribution is 2.25. The summed E-state index contributed by atoms with van der Waals surface area (Å²) < 4.78 is 16.3. The van der Waals surface area contributed by atoms with Crippen LogP contribution in [0, 0.1) is 12.7 Å². The molecule has 0 saturated heterocycles. The largest absolute Gasteiger partial charge is 0.263 e. The summed E-state index contributed by atoms with van der Waals surface area (Å²) in [5, 5.41) is 8.34. The van der Waals surface area contributed by atoms with E-state index in [0.29, 0.717) is 32.5 Å². The molecule has 4 nitrogen and oxygen atoms in total. The molecule has 3 rings (SSSR count). The molecule has 0 aliphatic rings. The Bertz CT molecular complexity index is 787. The summed E-state index contributed by atoms with van der Waals surface area (Å²) in [6.07, 6.45) is 0. The molecular formula is C12H7BrClFN4. The van der Waals surface area contributed by atoms with E-state index in [0.717, 1.165) is 0 Å². The second-order valence-corrected chi connectivity index (χ2v) is 5.27. The minimum Gasteiger partial charge on any atom is -0.263 e. The zero-order valence-electron chi connectivity index (χ0n) is 9.73. The van der Waals surface area contributed by atoms with Crippen LogP contribution in [0.4, 0.5) is 4.39 Å². The summed E-state index contributed by atoms with van der Waals surface area (Å²) in [6.45, 7) is 1.77. The third-order valence-corrected chi connectivity index (χ3v) is 3.39. The van der Waals surface area contributed by atoms with E-state index < -0.39 is 0 Å². The zero-order valence-corrected chi connectivity index (χ0v) is 12.1. The Morgan fingerprint density at radius 3 is 2.79 bits per heavy atom. The molecule has 2 aromatic heterocycles. The Hall–Kier alpha value is -1.53. The number of rotatable bonds is 1. The Balaban J connectivity index is 2.31. The lowest BCUT2D eigenvalue weighted by molar-refractivity contribution is 0.628. The average Bonchev–Trinajstić information content (AvgIpc) is 2.72. The van der Waals surface area contributed by atoms with Gasteiger partial charge in [0.2, 0.25) is 0 Å². The van der Waals surface area contributed by atoms with Crippen molar-refractivity contribution in [2.45, 2.75) is 6.92 Å². The topological polar surface area (TPSA) is 43.1 Å². The van der Waals surface area contributed by atoms with Crippen molar-refractivity contribution in [1.29, 1.82) is 0 Å². The standard InChI is InChI=1S/C12H7BrClFN4/c1-6-16-10(14)5-11-17-18-12(19(6)11)8-3-2-7(13)4-9(8)15/h2-5H,1H3. The second-order valence-electron chi connectivity index (χ2n) is 3.97. The number of hydrogen-bond donors (Lipinski definition) is 0. The summed E-state index contributed by atoms with van der Waals surface area (Å²) in [4.78, 5) is 4.12. The highest BCUT2D eigenvalue weighted by atomic mass is 79.9. The van der Waals surface area contributed by atoms with Crippen LogP contribution in [0.2, 0.25) is 5.15 Å². The Morgan fingerprint density at radius 1 is 1.26 bits per heavy atom. The normalized spacial score (nSPS) is 11.2. The number of nitrogens with zero attached hydrogens (tertiary/aromatic N) is 4. The first-order valence-corrected chi connectivity index (χ1v) is 6.57. The fourth-order valence-corrected chi connectivity index (χ4v) is 2.45. The first-order chi connectivity index (χ1) is 9.06. The van der Waals surface area contributed by atoms with Crippen LogP contribution in [0.25, 0.3) is 17.0 Å². The van der Waals surface area contributed by atoms with Gasteiger partial charge in [0.05, 0.1) is 5.56 Å². The average molecular weight is 342 g/mol. The highest BCUT2D eigenvalue weighted by Gasteiger charge is 2.15. The van der Waals surface area contributed by atoms with Crippen LogP contribution in [-0.4, -0.2) is 19.6 Å². The molecule has 7 heteroatoms. The van der Waals surface area contributed by atoms with E-state index in [1.807, 2.05) is 0 Å². The van der Waals surface area contributed by atoms with Crippen molar-refractivity contribution in [3.63, 3.8) is 0 Å². The molecule has 3 aromatic rings. The van der Waals surface area contributed by atoms with E-state index in [1.165, 1.54) is 6.07 Å². The third kappa shape index (κ3) is 2.11. The van der Waals surface area contributed by atoms with E-state index in [2.05, 4.69) is 31.1 Å². The van der Waals surface area contributed by atoms with Crippen LogP contribution in [0.15, 0.2) is 28.7 Å². The van der Waals surface area contributed by atoms with Crippen molar-refractivity contribution in [2.75, 3.05) is 0 Å². The van der Waals surface area contributed by atoms with E-state index in [4.69, 9.17) is 11.6 Å². The van der Waals surface area contributed by atoms with Crippen molar-refractivity contribution >= 4 is 33.2 Å². The number of aromatic nitrogens is 4. The first kappa shape index (κ1) is 12.5. The van der Waals surface area contributed by atoms with E-state index in [9.17, 15) is 4.39 Å². The molecule has 0 unspecified atom stereocenters. The van der Waals surface area contributed by atoms with Crippen molar-refractivity contribution < 1.29 is 4.39 Å². The van der Waals surface area contributed by atoms with Crippen molar-refractivity contribution in [2.24, 2.45) is 0 Å². The predicted molar refractivity (Wildman–Crippen MR) is 73.6 cm³/mol. The van der Waals surface area contributed by atoms with E-state index in [1.54, 1.807) is 29.5 Å². The maximum absolute atomic E-state index is 14.0. The fraction of sp³-hybridized carbons (Fsp3) is 0.0833. The van der Waals surface area contributed by atoms with Crippen LogP contribution in [0.5, 0.6) is 0 Å². The van der Waals surface area contributed by atoms with Gasteiger partial charge in [0.1, 0.15) is 16.8 Å². The number of benzene rings is 1. The molecule has 0 N–H and O–H groups in total. The van der Waals surface area contributed by atoms with Crippen LogP contribution >= 0.6 is 27.5 Å². The highest BCUT2D eigenvalue weighted by molar-refractivity contribution is 9.10. The minimum absolute atomic E-state index is 0.334. The van der Waals surface area contributed by atoms with Crippen molar-refractivity contribution in [1.82, 2.24) is 19.6 Å². The Morgan fingerprint density at radius 2 is 2.05 bits per heavy atom. The van der Waals surface area contributed by atoms with Gasteiger partial charge in [-0.25, -0.2) is 9.37 Å². The van der Waals surface area contributed by atoms with Gasteiger partial charge in [0.25, 0.3) is 0 Å². The van der Waals surface area contributed by atoms with Gasteiger partial charge in [-0.1, -0.05) is 27.5 Å². The number of aryl methyl sites for hydroxylation is 1. The van der Waals surface area contributed by atoms with Crippen molar-refractivity contribution in [3.05, 3.63) is 45.5 Å². The molecule has 2 heterocycles. The maximum Gasteiger partial charge on any atom is 0.172 e. The summed E-state index contributed by atoms with van der Waals surface area (Å²) in [5.41, 5.74) is 0.901. The Kier molecular flexibility index (Phi) is 2.99. The molecule has 1 aromatic carbocycles. The lowest BCUT2D eigenvalue weighted by Gasteiger charge is -2.05. The third-order valence-electron chi connectivity index (χ3n) is 2.70. The predicted octanol–water partition coefficient (Wildman–Crippen LogP) is 3.65. The van der Waals surface area contributed by atoms with Gasteiger partial charge in [-0.05, 0) is 25.1 Å². The number of hydrogen-bond acceptors (Lipinski definition) is 3. The van der Waals surface area contributed by atoms with Crippen LogP contribution in [0.3, 0.4) is 0 Å². The smallest absolute Gasteiger partial charge is 0.172 e. The molecule has 0 fully saturated rings. The van der Waals surface area contributed by atoms with Gasteiger partial charge in [0.15, 0.2) is 11.5 Å².